The summed E-state index contributed by atoms with van der Waals surface area (Å²) in [7, 11) is 4.20. The van der Waals surface area contributed by atoms with E-state index in [0.29, 0.717) is 34.2 Å². The van der Waals surface area contributed by atoms with Gasteiger partial charge in [-0.05, 0) is 146 Å². The highest BCUT2D eigenvalue weighted by Gasteiger charge is 2.41. The van der Waals surface area contributed by atoms with Gasteiger partial charge in [0, 0.05) is 11.0 Å². The molecule has 2 heterocycles. The summed E-state index contributed by atoms with van der Waals surface area (Å²) in [5, 5.41) is 22.3. The zero-order chi connectivity index (χ0) is 28.6. The van der Waals surface area contributed by atoms with Crippen LogP contribution < -0.4 is 0 Å². The van der Waals surface area contributed by atoms with Crippen LogP contribution in [0.3, 0.4) is 0 Å². The molecule has 6 bridgehead atoms. The van der Waals surface area contributed by atoms with Crippen LogP contribution >= 0.6 is 21.6 Å². The number of hydrogen-bond donors (Lipinski definition) is 2. The molecule has 0 amide bonds. The maximum atomic E-state index is 10.9. The van der Waals surface area contributed by atoms with E-state index in [2.05, 4.69) is 77.9 Å². The molecule has 222 valence electrons. The number of aliphatic hydroxyl groups excluding tert-OH is 1. The van der Waals surface area contributed by atoms with Crippen LogP contribution in [0.15, 0.2) is 54.6 Å². The number of hydrogen-bond acceptors (Lipinski definition) is 4. The Morgan fingerprint density at radius 3 is 2.61 bits per heavy atom. The van der Waals surface area contributed by atoms with Crippen molar-refractivity contribution < 1.29 is 10.2 Å². The van der Waals surface area contributed by atoms with Gasteiger partial charge in [-0.2, -0.15) is 0 Å². The first-order valence-electron chi connectivity index (χ1n) is 16.3. The van der Waals surface area contributed by atoms with Crippen molar-refractivity contribution in [2.45, 2.75) is 102 Å². The summed E-state index contributed by atoms with van der Waals surface area (Å²) in [6.45, 7) is 6.98. The molecule has 41 heavy (non-hydrogen) atoms. The molecule has 2 N–H and O–H groups in total. The second kappa shape index (κ2) is 12.7. The van der Waals surface area contributed by atoms with E-state index >= 15 is 0 Å². The molecule has 9 atom stereocenters. The molecule has 2 aliphatic heterocycles. The Kier molecular flexibility index (Phi) is 9.20. The number of fused-ring (bicyclic) bond motifs is 4. The monoisotopic (exact) mass is 590 g/mol. The Morgan fingerprint density at radius 2 is 1.78 bits per heavy atom. The maximum absolute atomic E-state index is 10.9. The van der Waals surface area contributed by atoms with Gasteiger partial charge in [-0.3, -0.25) is 0 Å². The van der Waals surface area contributed by atoms with Crippen molar-refractivity contribution in [1.29, 1.82) is 0 Å². The van der Waals surface area contributed by atoms with E-state index in [1.165, 1.54) is 73.0 Å². The predicted octanol–water partition coefficient (Wildman–Crippen LogP) is 9.58. The van der Waals surface area contributed by atoms with Crippen molar-refractivity contribution in [3.63, 3.8) is 0 Å². The van der Waals surface area contributed by atoms with Gasteiger partial charge in [0.25, 0.3) is 0 Å². The maximum Gasteiger partial charge on any atom is 0.116 e. The molecule has 3 aliphatic carbocycles. The lowest BCUT2D eigenvalue weighted by Gasteiger charge is -2.46. The number of aromatic hydroxyl groups is 1. The van der Waals surface area contributed by atoms with Crippen LogP contribution in [0.1, 0.15) is 100 Å². The molecule has 2 aromatic rings. The largest absolute Gasteiger partial charge is 0.508 e. The van der Waals surface area contributed by atoms with Gasteiger partial charge in [0.05, 0.1) is 6.10 Å². The predicted molar refractivity (Wildman–Crippen MR) is 177 cm³/mol. The summed E-state index contributed by atoms with van der Waals surface area (Å²) in [4.78, 5) is 0. The number of benzene rings is 2. The molecule has 4 heteroatoms. The summed E-state index contributed by atoms with van der Waals surface area (Å²) in [5.74, 6) is 5.34. The normalized spacial score (nSPS) is 36.7. The first kappa shape index (κ1) is 29.7. The van der Waals surface area contributed by atoms with Crippen LogP contribution in [-0.2, 0) is 12.8 Å². The minimum absolute atomic E-state index is 0.276. The van der Waals surface area contributed by atoms with Crippen molar-refractivity contribution in [3.8, 4) is 5.75 Å². The average Bonchev–Trinajstić information content (AvgIpc) is 2.92. The second-order valence-electron chi connectivity index (χ2n) is 14.5. The number of phenolic OH excluding ortho intramolecular Hbond substituents is 1. The highest BCUT2D eigenvalue weighted by Crippen LogP contribution is 2.52. The van der Waals surface area contributed by atoms with Crippen LogP contribution in [0.5, 0.6) is 5.75 Å². The van der Waals surface area contributed by atoms with E-state index in [4.69, 9.17) is 0 Å². The van der Waals surface area contributed by atoms with Crippen molar-refractivity contribution in [1.82, 2.24) is 0 Å². The summed E-state index contributed by atoms with van der Waals surface area (Å²) in [6, 6.07) is 15.4. The third-order valence-corrected chi connectivity index (χ3v) is 14.2. The summed E-state index contributed by atoms with van der Waals surface area (Å²) >= 11 is 0. The van der Waals surface area contributed by atoms with Crippen molar-refractivity contribution >= 4 is 21.6 Å². The standard InChI is InChI=1S/C37H50O2S2/c1-24-7-6-12-37(3,22-24)32-17-26-13-27-14-28(20-33(39)19-27)16-30-8-4-5-9-34(30)31-10-11-36(35(21-31)25(2)38)41-40-23-29(15-26)18-32/h4-6,8-9,12,14,19-20,24-26,29,31-32,35-36,38-39H,7,10-11,13,15-18,21-23H2,1-3H3. The van der Waals surface area contributed by atoms with Gasteiger partial charge >= 0.3 is 0 Å². The Bertz CT molecular complexity index is 1220. The molecule has 9 unspecified atom stereocenters. The molecular weight excluding hydrogens is 541 g/mol. The summed E-state index contributed by atoms with van der Waals surface area (Å²) in [6.07, 6.45) is 16.6. The molecule has 0 radical (unpaired) electrons. The van der Waals surface area contributed by atoms with E-state index in [-0.39, 0.29) is 6.10 Å². The Hall–Kier alpha value is -1.36. The first-order valence-corrected chi connectivity index (χ1v) is 18.7. The number of allylic oxidation sites excluding steroid dienone is 2. The molecule has 2 nitrogen and oxygen atoms in total. The molecule has 0 aromatic heterocycles. The fourth-order valence-corrected chi connectivity index (χ4v) is 12.6. The Balaban J connectivity index is 1.33. The quantitative estimate of drug-likeness (QED) is 0.270. The zero-order valence-corrected chi connectivity index (χ0v) is 26.9. The lowest BCUT2D eigenvalue weighted by molar-refractivity contribution is 0.0932. The van der Waals surface area contributed by atoms with Gasteiger partial charge < -0.3 is 10.2 Å². The van der Waals surface area contributed by atoms with Gasteiger partial charge in [-0.1, -0.05) is 77.9 Å². The van der Waals surface area contributed by atoms with E-state index < -0.39 is 0 Å². The SMILES string of the molecule is CC1CC=CC(C)(C2CC3CSSC4CCC(CC4C(C)O)c4ccccc4Cc4cc(O)cc(c4)CC(C3)C2)C1. The van der Waals surface area contributed by atoms with E-state index in [0.717, 1.165) is 37.0 Å². The molecule has 2 fully saturated rings. The second-order valence-corrected chi connectivity index (χ2v) is 17.2. The first-order chi connectivity index (χ1) is 19.8. The minimum atomic E-state index is -0.276. The third kappa shape index (κ3) is 6.91. The molecule has 2 saturated carbocycles. The van der Waals surface area contributed by atoms with Crippen LogP contribution in [-0.4, -0.2) is 27.3 Å². The number of phenols is 1. The smallest absolute Gasteiger partial charge is 0.116 e. The average molecular weight is 591 g/mol. The minimum Gasteiger partial charge on any atom is -0.508 e. The van der Waals surface area contributed by atoms with Crippen LogP contribution in [0.4, 0.5) is 0 Å². The summed E-state index contributed by atoms with van der Waals surface area (Å²) < 4.78 is 0. The highest BCUT2D eigenvalue weighted by molar-refractivity contribution is 8.76. The molecule has 2 aromatic carbocycles. The fraction of sp³-hybridized carbons (Fsp3) is 0.622. The number of rotatable bonds is 2. The van der Waals surface area contributed by atoms with Crippen molar-refractivity contribution in [2.75, 3.05) is 5.75 Å². The van der Waals surface area contributed by atoms with E-state index in [1.807, 2.05) is 19.1 Å². The van der Waals surface area contributed by atoms with Crippen molar-refractivity contribution in [3.05, 3.63) is 76.9 Å². The van der Waals surface area contributed by atoms with Crippen LogP contribution in [0.25, 0.3) is 0 Å². The van der Waals surface area contributed by atoms with E-state index in [9.17, 15) is 10.2 Å². The van der Waals surface area contributed by atoms with Crippen molar-refractivity contribution in [2.24, 2.45) is 35.0 Å². The Labute approximate surface area is 256 Å². The lowest BCUT2D eigenvalue weighted by Crippen LogP contribution is -2.37. The van der Waals surface area contributed by atoms with Gasteiger partial charge in [-0.15, -0.1) is 0 Å². The molecule has 0 saturated heterocycles. The molecule has 0 spiro atoms. The van der Waals surface area contributed by atoms with Gasteiger partial charge in [0.2, 0.25) is 0 Å². The molecule has 7 rings (SSSR count). The zero-order valence-electron chi connectivity index (χ0n) is 25.3. The number of aliphatic hydroxyl groups is 1. The van der Waals surface area contributed by atoms with E-state index in [1.54, 1.807) is 0 Å². The molecule has 5 aliphatic rings. The third-order valence-electron chi connectivity index (χ3n) is 11.1. The lowest BCUT2D eigenvalue weighted by atomic mass is 9.60. The van der Waals surface area contributed by atoms with Crippen LogP contribution in [0, 0.1) is 35.0 Å². The molecular formula is C37H50O2S2. The highest BCUT2D eigenvalue weighted by atomic mass is 33.1. The van der Waals surface area contributed by atoms with Crippen LogP contribution in [0.2, 0.25) is 0 Å². The summed E-state index contributed by atoms with van der Waals surface area (Å²) in [5.41, 5.74) is 5.66. The van der Waals surface area contributed by atoms with Gasteiger partial charge in [0.15, 0.2) is 0 Å². The van der Waals surface area contributed by atoms with Gasteiger partial charge in [-0.25, -0.2) is 0 Å². The van der Waals surface area contributed by atoms with Gasteiger partial charge in [0.1, 0.15) is 5.75 Å². The Morgan fingerprint density at radius 1 is 0.976 bits per heavy atom. The topological polar surface area (TPSA) is 40.5 Å². The fourth-order valence-electron chi connectivity index (χ4n) is 9.10.